The summed E-state index contributed by atoms with van der Waals surface area (Å²) in [6.07, 6.45) is 1.60. The fraction of sp³-hybridized carbons (Fsp3) is 0.211. The number of aryl methyl sites for hydroxylation is 1. The van der Waals surface area contributed by atoms with E-state index in [1.165, 1.54) is 10.4 Å². The number of rotatable bonds is 7. The highest BCUT2D eigenvalue weighted by Crippen LogP contribution is 2.26. The van der Waals surface area contributed by atoms with Crippen molar-refractivity contribution in [3.8, 4) is 0 Å². The molecule has 0 fully saturated rings. The van der Waals surface area contributed by atoms with E-state index >= 15 is 0 Å². The van der Waals surface area contributed by atoms with Gasteiger partial charge in [0, 0.05) is 4.88 Å². The molecule has 24 heavy (non-hydrogen) atoms. The average Bonchev–Trinajstić information content (AvgIpc) is 3.28. The molecule has 2 heterocycles. The largest absolute Gasteiger partial charge is 0.467 e. The Balaban J connectivity index is 1.62. The Morgan fingerprint density at radius 3 is 2.67 bits per heavy atom. The van der Waals surface area contributed by atoms with Crippen LogP contribution in [-0.2, 0) is 11.3 Å². The molecule has 3 aromatic rings. The first-order chi connectivity index (χ1) is 11.7. The van der Waals surface area contributed by atoms with Crippen LogP contribution in [0.15, 0.2) is 64.6 Å². The minimum Gasteiger partial charge on any atom is -0.467 e. The number of furan rings is 1. The molecule has 1 amide bonds. The lowest BCUT2D eigenvalue weighted by molar-refractivity contribution is -0.120. The number of hydrogen-bond donors (Lipinski definition) is 2. The van der Waals surface area contributed by atoms with Gasteiger partial charge in [-0.25, -0.2) is 0 Å². The molecule has 2 N–H and O–H groups in total. The van der Waals surface area contributed by atoms with Crippen LogP contribution in [0.3, 0.4) is 0 Å². The van der Waals surface area contributed by atoms with E-state index in [1.54, 1.807) is 17.6 Å². The molecule has 0 aliphatic carbocycles. The zero-order chi connectivity index (χ0) is 16.8. The first kappa shape index (κ1) is 16.5. The van der Waals surface area contributed by atoms with Gasteiger partial charge in [-0.3, -0.25) is 10.1 Å². The molecule has 3 rings (SSSR count). The van der Waals surface area contributed by atoms with Crippen molar-refractivity contribution in [2.75, 3.05) is 6.54 Å². The average molecular weight is 340 g/mol. The van der Waals surface area contributed by atoms with Gasteiger partial charge in [0.25, 0.3) is 0 Å². The SMILES string of the molecule is Cc1ccc([C@H](NCC(=O)NCc2ccco2)c2cccs2)cc1. The predicted octanol–water partition coefficient (Wildman–Crippen LogP) is 3.64. The molecule has 0 saturated heterocycles. The molecular formula is C19H20N2O2S. The van der Waals surface area contributed by atoms with Crippen molar-refractivity contribution in [1.82, 2.24) is 10.6 Å². The first-order valence-electron chi connectivity index (χ1n) is 7.85. The van der Waals surface area contributed by atoms with Crippen molar-refractivity contribution in [2.24, 2.45) is 0 Å². The van der Waals surface area contributed by atoms with Crippen LogP contribution in [0.25, 0.3) is 0 Å². The highest BCUT2D eigenvalue weighted by atomic mass is 32.1. The van der Waals surface area contributed by atoms with Crippen molar-refractivity contribution in [1.29, 1.82) is 0 Å². The Kier molecular flexibility index (Phi) is 5.46. The van der Waals surface area contributed by atoms with Gasteiger partial charge in [-0.1, -0.05) is 35.9 Å². The number of benzene rings is 1. The Hall–Kier alpha value is -2.37. The summed E-state index contributed by atoms with van der Waals surface area (Å²) in [6, 6.07) is 16.2. The minimum atomic E-state index is -0.0555. The molecule has 0 aliphatic rings. The second-order valence-electron chi connectivity index (χ2n) is 5.60. The van der Waals surface area contributed by atoms with Crippen molar-refractivity contribution in [3.63, 3.8) is 0 Å². The lowest BCUT2D eigenvalue weighted by atomic mass is 10.0. The molecule has 0 aliphatic heterocycles. The van der Waals surface area contributed by atoms with Crippen molar-refractivity contribution in [2.45, 2.75) is 19.5 Å². The van der Waals surface area contributed by atoms with Gasteiger partial charge in [0.15, 0.2) is 0 Å². The second-order valence-corrected chi connectivity index (χ2v) is 6.58. The summed E-state index contributed by atoms with van der Waals surface area (Å²) in [5, 5.41) is 8.26. The summed E-state index contributed by atoms with van der Waals surface area (Å²) < 4.78 is 5.22. The molecule has 1 aromatic carbocycles. The quantitative estimate of drug-likeness (QED) is 0.690. The van der Waals surface area contributed by atoms with Gasteiger partial charge in [0.2, 0.25) is 5.91 Å². The lowest BCUT2D eigenvalue weighted by Crippen LogP contribution is -2.35. The van der Waals surface area contributed by atoms with E-state index in [0.29, 0.717) is 6.54 Å². The molecule has 0 spiro atoms. The predicted molar refractivity (Wildman–Crippen MR) is 95.9 cm³/mol. The summed E-state index contributed by atoms with van der Waals surface area (Å²) in [4.78, 5) is 13.3. The summed E-state index contributed by atoms with van der Waals surface area (Å²) in [5.74, 6) is 0.691. The van der Waals surface area contributed by atoms with E-state index < -0.39 is 0 Å². The van der Waals surface area contributed by atoms with E-state index in [1.807, 2.05) is 18.2 Å². The molecule has 1 atom stereocenters. The summed E-state index contributed by atoms with van der Waals surface area (Å²) in [7, 11) is 0. The van der Waals surface area contributed by atoms with Gasteiger partial charge in [0.05, 0.1) is 25.4 Å². The van der Waals surface area contributed by atoms with Crippen LogP contribution >= 0.6 is 11.3 Å². The zero-order valence-corrected chi connectivity index (χ0v) is 14.3. The standard InChI is InChI=1S/C19H20N2O2S/c1-14-6-8-15(9-7-14)19(17-5-3-11-24-17)21-13-18(22)20-12-16-4-2-10-23-16/h2-11,19,21H,12-13H2,1H3,(H,20,22)/t19-/m0/s1. The molecule has 4 nitrogen and oxygen atoms in total. The molecule has 5 heteroatoms. The van der Waals surface area contributed by atoms with Crippen molar-refractivity contribution < 1.29 is 9.21 Å². The zero-order valence-electron chi connectivity index (χ0n) is 13.5. The van der Waals surface area contributed by atoms with Gasteiger partial charge in [-0.2, -0.15) is 0 Å². The fourth-order valence-electron chi connectivity index (χ4n) is 2.45. The van der Waals surface area contributed by atoms with Gasteiger partial charge >= 0.3 is 0 Å². The van der Waals surface area contributed by atoms with Crippen LogP contribution in [0.1, 0.15) is 27.8 Å². The Morgan fingerprint density at radius 1 is 1.17 bits per heavy atom. The number of nitrogens with one attached hydrogen (secondary N) is 2. The fourth-order valence-corrected chi connectivity index (χ4v) is 3.28. The van der Waals surface area contributed by atoms with Crippen LogP contribution in [-0.4, -0.2) is 12.5 Å². The topological polar surface area (TPSA) is 54.3 Å². The second kappa shape index (κ2) is 7.95. The molecule has 0 saturated carbocycles. The van der Waals surface area contributed by atoms with Crippen molar-refractivity contribution in [3.05, 3.63) is 81.9 Å². The highest BCUT2D eigenvalue weighted by molar-refractivity contribution is 7.10. The van der Waals surface area contributed by atoms with E-state index in [9.17, 15) is 4.79 Å². The maximum Gasteiger partial charge on any atom is 0.234 e. The van der Waals surface area contributed by atoms with E-state index in [-0.39, 0.29) is 18.5 Å². The van der Waals surface area contributed by atoms with Crippen LogP contribution < -0.4 is 10.6 Å². The van der Waals surface area contributed by atoms with E-state index in [2.05, 4.69) is 53.3 Å². The maximum absolute atomic E-state index is 12.1. The summed E-state index contributed by atoms with van der Waals surface area (Å²) >= 11 is 1.68. The number of carbonyl (C=O) groups is 1. The molecule has 2 aromatic heterocycles. The minimum absolute atomic E-state index is 0.0139. The van der Waals surface area contributed by atoms with Crippen LogP contribution in [0.4, 0.5) is 0 Å². The number of hydrogen-bond acceptors (Lipinski definition) is 4. The van der Waals surface area contributed by atoms with E-state index in [4.69, 9.17) is 4.42 Å². The molecule has 0 bridgehead atoms. The Bertz CT molecular complexity index is 749. The molecule has 0 unspecified atom stereocenters. The third-order valence-corrected chi connectivity index (χ3v) is 4.68. The van der Waals surface area contributed by atoms with Gasteiger partial charge < -0.3 is 9.73 Å². The maximum atomic E-state index is 12.1. The summed E-state index contributed by atoms with van der Waals surface area (Å²) in [5.41, 5.74) is 2.38. The monoisotopic (exact) mass is 340 g/mol. The van der Waals surface area contributed by atoms with Crippen molar-refractivity contribution >= 4 is 17.2 Å². The third-order valence-electron chi connectivity index (χ3n) is 3.75. The van der Waals surface area contributed by atoms with Gasteiger partial charge in [-0.15, -0.1) is 11.3 Å². The number of carbonyl (C=O) groups excluding carboxylic acids is 1. The molecule has 0 radical (unpaired) electrons. The smallest absolute Gasteiger partial charge is 0.234 e. The summed E-state index contributed by atoms with van der Waals surface area (Å²) in [6.45, 7) is 2.72. The molecule has 124 valence electrons. The van der Waals surface area contributed by atoms with E-state index in [0.717, 1.165) is 11.3 Å². The van der Waals surface area contributed by atoms with Crippen LogP contribution in [0.2, 0.25) is 0 Å². The Morgan fingerprint density at radius 2 is 2.00 bits per heavy atom. The van der Waals surface area contributed by atoms with Crippen LogP contribution in [0, 0.1) is 6.92 Å². The third kappa shape index (κ3) is 4.34. The van der Waals surface area contributed by atoms with Gasteiger partial charge in [-0.05, 0) is 36.1 Å². The highest BCUT2D eigenvalue weighted by Gasteiger charge is 2.16. The molecular weight excluding hydrogens is 320 g/mol. The van der Waals surface area contributed by atoms with Gasteiger partial charge in [0.1, 0.15) is 5.76 Å². The first-order valence-corrected chi connectivity index (χ1v) is 8.73. The van der Waals surface area contributed by atoms with Crippen LogP contribution in [0.5, 0.6) is 0 Å². The lowest BCUT2D eigenvalue weighted by Gasteiger charge is -2.18. The normalized spacial score (nSPS) is 12.0. The number of thiophene rings is 1. The Labute approximate surface area is 145 Å². The number of amides is 1.